The standard InChI is InChI=1S/C7H6NO3P/c9-4-1-2-6(10)5(3-4)8-7(11)12/h1-3H,12H2,(H,8,11). The lowest BCUT2D eigenvalue weighted by Crippen LogP contribution is -2.24. The Labute approximate surface area is 70.9 Å². The van der Waals surface area contributed by atoms with Crippen LogP contribution in [-0.4, -0.2) is 17.2 Å². The van der Waals surface area contributed by atoms with Crippen LogP contribution in [0.15, 0.2) is 23.9 Å². The maximum Gasteiger partial charge on any atom is 0.239 e. The van der Waals surface area contributed by atoms with Crippen molar-refractivity contribution in [3.8, 4) is 0 Å². The first-order valence-electron chi connectivity index (χ1n) is 3.14. The van der Waals surface area contributed by atoms with Crippen molar-refractivity contribution in [2.45, 2.75) is 0 Å². The topological polar surface area (TPSA) is 63.2 Å². The molecular weight excluding hydrogens is 177 g/mol. The number of nitrogens with one attached hydrogen (secondary N) is 1. The lowest BCUT2D eigenvalue weighted by atomic mass is 10.1. The van der Waals surface area contributed by atoms with Crippen LogP contribution in [0.25, 0.3) is 0 Å². The fourth-order valence-electron chi connectivity index (χ4n) is 0.740. The lowest BCUT2D eigenvalue weighted by molar-refractivity contribution is -0.114. The van der Waals surface area contributed by atoms with E-state index in [-0.39, 0.29) is 17.3 Å². The number of carbonyl (C=O) groups excluding carboxylic acids is 3. The first kappa shape index (κ1) is 8.81. The molecule has 1 aliphatic carbocycles. The molecule has 12 heavy (non-hydrogen) atoms. The zero-order valence-electron chi connectivity index (χ0n) is 6.03. The molecule has 0 aromatic carbocycles. The molecule has 0 spiro atoms. The summed E-state index contributed by atoms with van der Waals surface area (Å²) in [5, 5.41) is 2.23. The minimum atomic E-state index is -0.447. The summed E-state index contributed by atoms with van der Waals surface area (Å²) in [6, 6.07) is 0. The molecule has 0 radical (unpaired) electrons. The predicted octanol–water partition coefficient (Wildman–Crippen LogP) is 0.163. The van der Waals surface area contributed by atoms with Crippen molar-refractivity contribution in [2.24, 2.45) is 0 Å². The van der Waals surface area contributed by atoms with Gasteiger partial charge < -0.3 is 5.32 Å². The van der Waals surface area contributed by atoms with Crippen LogP contribution in [0.5, 0.6) is 0 Å². The van der Waals surface area contributed by atoms with E-state index < -0.39 is 5.65 Å². The zero-order chi connectivity index (χ0) is 9.14. The van der Waals surface area contributed by atoms with E-state index in [4.69, 9.17) is 0 Å². The molecule has 0 saturated carbocycles. The number of rotatable bonds is 1. The van der Waals surface area contributed by atoms with E-state index in [9.17, 15) is 14.4 Å². The fraction of sp³-hybridized carbons (Fsp3) is 0. The third kappa shape index (κ3) is 2.10. The second kappa shape index (κ2) is 3.41. The Morgan fingerprint density at radius 2 is 2.00 bits per heavy atom. The fourth-order valence-corrected chi connectivity index (χ4v) is 0.895. The molecule has 1 rings (SSSR count). The molecular formula is C7H6NO3P. The van der Waals surface area contributed by atoms with E-state index in [0.717, 1.165) is 18.2 Å². The summed E-state index contributed by atoms with van der Waals surface area (Å²) < 4.78 is 0. The van der Waals surface area contributed by atoms with Crippen molar-refractivity contribution in [1.82, 2.24) is 5.32 Å². The zero-order valence-corrected chi connectivity index (χ0v) is 7.19. The van der Waals surface area contributed by atoms with Gasteiger partial charge in [-0.2, -0.15) is 0 Å². The number of hydrogen-bond acceptors (Lipinski definition) is 3. The van der Waals surface area contributed by atoms with Gasteiger partial charge in [-0.25, -0.2) is 0 Å². The first-order chi connectivity index (χ1) is 5.59. The van der Waals surface area contributed by atoms with Crippen LogP contribution in [-0.2, 0) is 9.59 Å². The van der Waals surface area contributed by atoms with Crippen LogP contribution in [0.3, 0.4) is 0 Å². The van der Waals surface area contributed by atoms with Crippen LogP contribution in [0.2, 0.25) is 0 Å². The van der Waals surface area contributed by atoms with Crippen molar-refractivity contribution < 1.29 is 14.4 Å². The summed E-state index contributed by atoms with van der Waals surface area (Å²) >= 11 is 0. The number of hydrogen-bond donors (Lipinski definition) is 1. The van der Waals surface area contributed by atoms with Gasteiger partial charge in [-0.15, -0.1) is 0 Å². The average molecular weight is 183 g/mol. The van der Waals surface area contributed by atoms with Crippen molar-refractivity contribution in [3.05, 3.63) is 23.9 Å². The molecule has 1 unspecified atom stereocenters. The Hall–Kier alpha value is -1.28. The quantitative estimate of drug-likeness (QED) is 0.465. The third-order valence-corrected chi connectivity index (χ3v) is 1.35. The number of amides is 1. The van der Waals surface area contributed by atoms with Crippen LogP contribution in [0.1, 0.15) is 0 Å². The smallest absolute Gasteiger partial charge is 0.239 e. The first-order valence-corrected chi connectivity index (χ1v) is 3.72. The lowest BCUT2D eigenvalue weighted by Gasteiger charge is -2.05. The predicted molar refractivity (Wildman–Crippen MR) is 45.5 cm³/mol. The molecule has 0 aromatic heterocycles. The largest absolute Gasteiger partial charge is 0.319 e. The molecule has 1 amide bonds. The maximum absolute atomic E-state index is 10.9. The monoisotopic (exact) mass is 183 g/mol. The molecule has 0 fully saturated rings. The van der Waals surface area contributed by atoms with E-state index in [1.165, 1.54) is 0 Å². The minimum absolute atomic E-state index is 0.0162. The Balaban J connectivity index is 2.81. The summed E-state index contributed by atoms with van der Waals surface area (Å²) in [4.78, 5) is 32.2. The Morgan fingerprint density at radius 3 is 2.58 bits per heavy atom. The van der Waals surface area contributed by atoms with Crippen LogP contribution in [0, 0.1) is 0 Å². The van der Waals surface area contributed by atoms with Gasteiger partial charge in [0.1, 0.15) is 0 Å². The van der Waals surface area contributed by atoms with Crippen molar-refractivity contribution >= 4 is 26.5 Å². The van der Waals surface area contributed by atoms with Gasteiger partial charge in [0, 0.05) is 6.08 Å². The highest BCUT2D eigenvalue weighted by molar-refractivity contribution is 7.39. The Morgan fingerprint density at radius 1 is 1.33 bits per heavy atom. The second-order valence-electron chi connectivity index (χ2n) is 2.15. The SMILES string of the molecule is O=C1C=CC(=O)C(NC(=O)P)=C1. The van der Waals surface area contributed by atoms with Gasteiger partial charge in [-0.05, 0) is 21.4 Å². The van der Waals surface area contributed by atoms with Crippen LogP contribution in [0.4, 0.5) is 4.79 Å². The summed E-state index contributed by atoms with van der Waals surface area (Å²) in [6.07, 6.45) is 3.36. The van der Waals surface area contributed by atoms with E-state index in [0.29, 0.717) is 0 Å². The van der Waals surface area contributed by atoms with Crippen LogP contribution < -0.4 is 5.32 Å². The number of allylic oxidation sites excluding steroid dienone is 3. The average Bonchev–Trinajstić information content (AvgIpc) is 1.96. The molecule has 1 aliphatic rings. The highest BCUT2D eigenvalue weighted by atomic mass is 31.0. The summed E-state index contributed by atoms with van der Waals surface area (Å²) in [5.74, 6) is -0.672. The van der Waals surface area contributed by atoms with Gasteiger partial charge >= 0.3 is 0 Å². The number of carbonyl (C=O) groups is 3. The van der Waals surface area contributed by atoms with Gasteiger partial charge in [-0.1, -0.05) is 0 Å². The van der Waals surface area contributed by atoms with Crippen molar-refractivity contribution in [1.29, 1.82) is 0 Å². The van der Waals surface area contributed by atoms with E-state index >= 15 is 0 Å². The molecule has 1 atom stereocenters. The van der Waals surface area contributed by atoms with Gasteiger partial charge in [-0.3, -0.25) is 14.4 Å². The maximum atomic E-state index is 10.9. The normalized spacial score (nSPS) is 15.9. The number of ketones is 2. The van der Waals surface area contributed by atoms with Crippen molar-refractivity contribution in [2.75, 3.05) is 0 Å². The minimum Gasteiger partial charge on any atom is -0.319 e. The highest BCUT2D eigenvalue weighted by Gasteiger charge is 2.13. The van der Waals surface area contributed by atoms with E-state index in [1.807, 2.05) is 9.24 Å². The molecule has 1 N–H and O–H groups in total. The van der Waals surface area contributed by atoms with E-state index in [1.54, 1.807) is 0 Å². The molecule has 0 aliphatic heterocycles. The molecule has 0 bridgehead atoms. The Bertz CT molecular complexity index is 317. The van der Waals surface area contributed by atoms with E-state index in [2.05, 4.69) is 5.32 Å². The second-order valence-corrected chi connectivity index (χ2v) is 2.67. The highest BCUT2D eigenvalue weighted by Crippen LogP contribution is 2.02. The molecule has 5 heteroatoms. The summed E-state index contributed by atoms with van der Waals surface area (Å²) in [5.41, 5.74) is -0.430. The Kier molecular flexibility index (Phi) is 2.51. The van der Waals surface area contributed by atoms with Gasteiger partial charge in [0.05, 0.1) is 5.70 Å². The summed E-state index contributed by atoms with van der Waals surface area (Å²) in [6.45, 7) is 0. The van der Waals surface area contributed by atoms with Gasteiger partial charge in [0.2, 0.25) is 11.4 Å². The molecule has 0 aromatic rings. The summed E-state index contributed by atoms with van der Waals surface area (Å²) in [7, 11) is 1.85. The van der Waals surface area contributed by atoms with Crippen molar-refractivity contribution in [3.63, 3.8) is 0 Å². The molecule has 0 heterocycles. The van der Waals surface area contributed by atoms with Crippen LogP contribution >= 0.6 is 9.24 Å². The van der Waals surface area contributed by atoms with Gasteiger partial charge in [0.15, 0.2) is 5.78 Å². The molecule has 62 valence electrons. The van der Waals surface area contributed by atoms with Gasteiger partial charge in [0.25, 0.3) is 0 Å². The molecule has 0 saturated heterocycles. The third-order valence-electron chi connectivity index (χ3n) is 1.21. The molecule has 4 nitrogen and oxygen atoms in total.